The topological polar surface area (TPSA) is 50.2 Å². The highest BCUT2D eigenvalue weighted by molar-refractivity contribution is 5.76. The van der Waals surface area contributed by atoms with Crippen molar-refractivity contribution < 1.29 is 0 Å². The summed E-state index contributed by atoms with van der Waals surface area (Å²) < 4.78 is 1.86. The minimum Gasteiger partial charge on any atom is -0.351 e. The molecule has 0 atom stereocenters. The van der Waals surface area contributed by atoms with Gasteiger partial charge >= 0.3 is 0 Å². The van der Waals surface area contributed by atoms with Crippen LogP contribution < -0.4 is 15.8 Å². The molecule has 21 heavy (non-hydrogen) atoms. The summed E-state index contributed by atoms with van der Waals surface area (Å²) in [4.78, 5) is 19.6. The van der Waals surface area contributed by atoms with Crippen molar-refractivity contribution in [1.29, 1.82) is 0 Å². The Kier molecular flexibility index (Phi) is 3.92. The Morgan fingerprint density at radius 2 is 2.00 bits per heavy atom. The summed E-state index contributed by atoms with van der Waals surface area (Å²) in [6, 6.07) is 8.00. The quantitative estimate of drug-likeness (QED) is 0.914. The number of nitrogens with one attached hydrogen (secondary N) is 1. The van der Waals surface area contributed by atoms with Crippen molar-refractivity contribution in [2.24, 2.45) is 0 Å². The Balaban J connectivity index is 2.18. The van der Waals surface area contributed by atoms with Gasteiger partial charge in [-0.05, 0) is 38.9 Å². The second kappa shape index (κ2) is 5.85. The Morgan fingerprint density at radius 1 is 1.19 bits per heavy atom. The average Bonchev–Trinajstić information content (AvgIpc) is 2.75. The first-order chi connectivity index (χ1) is 10.2. The van der Waals surface area contributed by atoms with Crippen LogP contribution in [0.15, 0.2) is 29.1 Å². The van der Waals surface area contributed by atoms with Gasteiger partial charge < -0.3 is 14.8 Å². The van der Waals surface area contributed by atoms with E-state index >= 15 is 0 Å². The number of hydrogen-bond acceptors (Lipinski definition) is 4. The van der Waals surface area contributed by atoms with Gasteiger partial charge in [-0.1, -0.05) is 12.1 Å². The van der Waals surface area contributed by atoms with Gasteiger partial charge in [0, 0.05) is 25.7 Å². The zero-order chi connectivity index (χ0) is 14.8. The highest BCUT2D eigenvalue weighted by Gasteiger charge is 2.19. The van der Waals surface area contributed by atoms with Gasteiger partial charge in [0.05, 0.1) is 11.0 Å². The van der Waals surface area contributed by atoms with Gasteiger partial charge in [-0.2, -0.15) is 0 Å². The summed E-state index contributed by atoms with van der Waals surface area (Å²) in [5.41, 5.74) is 1.82. The van der Waals surface area contributed by atoms with Crippen LogP contribution in [0.2, 0.25) is 0 Å². The third kappa shape index (κ3) is 2.65. The molecule has 1 fully saturated rings. The summed E-state index contributed by atoms with van der Waals surface area (Å²) in [6.45, 7) is 7.70. The predicted molar refractivity (Wildman–Crippen MR) is 86.1 cm³/mol. The number of aromatic nitrogens is 2. The lowest BCUT2D eigenvalue weighted by Crippen LogP contribution is -2.36. The van der Waals surface area contributed by atoms with Crippen LogP contribution in [-0.4, -0.2) is 35.7 Å². The maximum atomic E-state index is 12.9. The molecule has 5 heteroatoms. The Labute approximate surface area is 124 Å². The molecule has 1 N–H and O–H groups in total. The van der Waals surface area contributed by atoms with Gasteiger partial charge in [0.15, 0.2) is 5.82 Å². The van der Waals surface area contributed by atoms with Crippen molar-refractivity contribution in [2.45, 2.75) is 26.3 Å². The first kappa shape index (κ1) is 14.1. The second-order valence-electron chi connectivity index (χ2n) is 5.78. The van der Waals surface area contributed by atoms with Crippen LogP contribution in [0.25, 0.3) is 11.0 Å². The van der Waals surface area contributed by atoms with E-state index in [0.29, 0.717) is 5.82 Å². The monoisotopic (exact) mass is 286 g/mol. The Morgan fingerprint density at radius 3 is 2.81 bits per heavy atom. The van der Waals surface area contributed by atoms with Crippen molar-refractivity contribution in [1.82, 2.24) is 14.9 Å². The smallest absolute Gasteiger partial charge is 0.294 e. The lowest BCUT2D eigenvalue weighted by atomic mass is 10.2. The van der Waals surface area contributed by atoms with Gasteiger partial charge in [0.25, 0.3) is 5.56 Å². The lowest BCUT2D eigenvalue weighted by molar-refractivity contribution is 0.594. The molecule has 2 aromatic rings. The van der Waals surface area contributed by atoms with Crippen LogP contribution in [0, 0.1) is 0 Å². The van der Waals surface area contributed by atoms with Crippen LogP contribution in [0.3, 0.4) is 0 Å². The molecule has 3 rings (SSSR count). The van der Waals surface area contributed by atoms with Gasteiger partial charge in [-0.3, -0.25) is 4.79 Å². The standard InChI is InChI=1S/C16H22N4O/c1-12(2)20-14-7-4-3-6-13(14)18-15(16(20)21)19-10-5-8-17-9-11-19/h3-4,6-7,12,17H,5,8-11H2,1-2H3. The fraction of sp³-hybridized carbons (Fsp3) is 0.500. The van der Waals surface area contributed by atoms with E-state index in [0.717, 1.165) is 43.6 Å². The molecule has 1 aliphatic heterocycles. The zero-order valence-corrected chi connectivity index (χ0v) is 12.7. The average molecular weight is 286 g/mol. The van der Waals surface area contributed by atoms with E-state index in [1.165, 1.54) is 0 Å². The number of benzene rings is 1. The molecule has 0 aliphatic carbocycles. The first-order valence-corrected chi connectivity index (χ1v) is 7.65. The zero-order valence-electron chi connectivity index (χ0n) is 12.7. The SMILES string of the molecule is CC(C)n1c(=O)c(N2CCCNCC2)nc2ccccc21. The highest BCUT2D eigenvalue weighted by atomic mass is 16.1. The molecule has 0 unspecified atom stereocenters. The largest absolute Gasteiger partial charge is 0.351 e. The Hall–Kier alpha value is -1.88. The molecule has 1 saturated heterocycles. The van der Waals surface area contributed by atoms with Crippen molar-refractivity contribution in [2.75, 3.05) is 31.1 Å². The molecular formula is C16H22N4O. The molecule has 1 aromatic carbocycles. The van der Waals surface area contributed by atoms with Crippen LogP contribution in [-0.2, 0) is 0 Å². The fourth-order valence-electron chi connectivity index (χ4n) is 2.92. The number of fused-ring (bicyclic) bond motifs is 1. The van der Waals surface area contributed by atoms with Gasteiger partial charge in [0.2, 0.25) is 0 Å². The van der Waals surface area contributed by atoms with E-state index in [2.05, 4.69) is 15.2 Å². The van der Waals surface area contributed by atoms with Gasteiger partial charge in [-0.15, -0.1) is 0 Å². The number of para-hydroxylation sites is 2. The normalized spacial score (nSPS) is 16.4. The van der Waals surface area contributed by atoms with Crippen LogP contribution in [0.4, 0.5) is 5.82 Å². The number of rotatable bonds is 2. The molecule has 112 valence electrons. The second-order valence-corrected chi connectivity index (χ2v) is 5.78. The van der Waals surface area contributed by atoms with E-state index in [4.69, 9.17) is 0 Å². The van der Waals surface area contributed by atoms with Crippen LogP contribution in [0.5, 0.6) is 0 Å². The summed E-state index contributed by atoms with van der Waals surface area (Å²) in [5.74, 6) is 0.589. The minimum absolute atomic E-state index is 0.0191. The Bertz CT molecular complexity index is 684. The molecule has 0 saturated carbocycles. The summed E-state index contributed by atoms with van der Waals surface area (Å²) >= 11 is 0. The van der Waals surface area contributed by atoms with Gasteiger partial charge in [0.1, 0.15) is 0 Å². The molecule has 0 radical (unpaired) electrons. The number of anilines is 1. The van der Waals surface area contributed by atoms with E-state index in [-0.39, 0.29) is 11.6 Å². The maximum absolute atomic E-state index is 12.9. The number of nitrogens with zero attached hydrogens (tertiary/aromatic N) is 3. The van der Waals surface area contributed by atoms with Crippen molar-refractivity contribution in [3.63, 3.8) is 0 Å². The third-order valence-electron chi connectivity index (χ3n) is 3.93. The number of hydrogen-bond donors (Lipinski definition) is 1. The first-order valence-electron chi connectivity index (χ1n) is 7.65. The van der Waals surface area contributed by atoms with Crippen LogP contribution >= 0.6 is 0 Å². The van der Waals surface area contributed by atoms with Crippen LogP contribution in [0.1, 0.15) is 26.3 Å². The van der Waals surface area contributed by atoms with E-state index < -0.39 is 0 Å². The van der Waals surface area contributed by atoms with Gasteiger partial charge in [-0.25, -0.2) is 4.98 Å². The molecule has 2 heterocycles. The molecular weight excluding hydrogens is 264 g/mol. The van der Waals surface area contributed by atoms with Crippen molar-refractivity contribution >= 4 is 16.9 Å². The summed E-state index contributed by atoms with van der Waals surface area (Å²) in [6.07, 6.45) is 1.04. The molecule has 5 nitrogen and oxygen atoms in total. The molecule has 1 aliphatic rings. The predicted octanol–water partition coefficient (Wildman–Crippen LogP) is 1.78. The molecule has 0 bridgehead atoms. The lowest BCUT2D eigenvalue weighted by Gasteiger charge is -2.23. The minimum atomic E-state index is 0.0191. The third-order valence-corrected chi connectivity index (χ3v) is 3.93. The van der Waals surface area contributed by atoms with E-state index in [1.807, 2.05) is 42.7 Å². The molecule has 0 amide bonds. The summed E-state index contributed by atoms with van der Waals surface area (Å²) in [7, 11) is 0. The molecule has 0 spiro atoms. The fourth-order valence-corrected chi connectivity index (χ4v) is 2.92. The van der Waals surface area contributed by atoms with Crippen molar-refractivity contribution in [3.05, 3.63) is 34.6 Å². The maximum Gasteiger partial charge on any atom is 0.294 e. The summed E-state index contributed by atoms with van der Waals surface area (Å²) in [5, 5.41) is 3.36. The van der Waals surface area contributed by atoms with E-state index in [9.17, 15) is 4.79 Å². The highest BCUT2D eigenvalue weighted by Crippen LogP contribution is 2.18. The van der Waals surface area contributed by atoms with E-state index in [1.54, 1.807) is 0 Å². The van der Waals surface area contributed by atoms with Crippen molar-refractivity contribution in [3.8, 4) is 0 Å². The molecule has 1 aromatic heterocycles.